The zero-order chi connectivity index (χ0) is 17.4. The van der Waals surface area contributed by atoms with Crippen LogP contribution in [0, 0.1) is 0 Å². The quantitative estimate of drug-likeness (QED) is 0.783. The minimum Gasteiger partial charge on any atom is -0.374 e. The summed E-state index contributed by atoms with van der Waals surface area (Å²) in [6.45, 7) is 1.33. The predicted octanol–water partition coefficient (Wildman–Crippen LogP) is 0.672. The summed E-state index contributed by atoms with van der Waals surface area (Å²) in [7, 11) is 1.77. The number of carbonyl (C=O) groups is 2. The van der Waals surface area contributed by atoms with Crippen LogP contribution in [0.1, 0.15) is 16.9 Å². The lowest BCUT2D eigenvalue weighted by Gasteiger charge is -2.24. The summed E-state index contributed by atoms with van der Waals surface area (Å²) in [5, 5.41) is 2.33. The van der Waals surface area contributed by atoms with Gasteiger partial charge < -0.3 is 14.5 Å². The van der Waals surface area contributed by atoms with Crippen LogP contribution in [0.15, 0.2) is 23.8 Å². The Morgan fingerprint density at radius 2 is 2.12 bits per heavy atom. The van der Waals surface area contributed by atoms with Gasteiger partial charge in [-0.05, 0) is 6.07 Å². The van der Waals surface area contributed by atoms with E-state index in [1.54, 1.807) is 40.7 Å². The molecule has 2 aliphatic rings. The molecular weight excluding hydrogens is 342 g/mol. The van der Waals surface area contributed by atoms with E-state index in [1.165, 1.54) is 11.3 Å². The number of hydrogen-bond acceptors (Lipinski definition) is 7. The van der Waals surface area contributed by atoms with Crippen molar-refractivity contribution in [2.24, 2.45) is 0 Å². The highest BCUT2D eigenvalue weighted by atomic mass is 32.1. The first-order valence-corrected chi connectivity index (χ1v) is 8.91. The van der Waals surface area contributed by atoms with Crippen LogP contribution in [-0.2, 0) is 9.53 Å². The molecule has 0 spiro atoms. The minimum absolute atomic E-state index is 0.0546. The lowest BCUT2D eigenvalue weighted by Crippen LogP contribution is -2.43. The van der Waals surface area contributed by atoms with Gasteiger partial charge in [0, 0.05) is 37.9 Å². The summed E-state index contributed by atoms with van der Waals surface area (Å²) < 4.78 is 5.76. The number of rotatable bonds is 2. The third-order valence-electron chi connectivity index (χ3n) is 4.54. The van der Waals surface area contributed by atoms with E-state index < -0.39 is 0 Å². The lowest BCUT2D eigenvalue weighted by atomic mass is 10.2. The molecule has 2 aromatic heterocycles. The van der Waals surface area contributed by atoms with E-state index in [1.807, 2.05) is 0 Å². The maximum absolute atomic E-state index is 12.8. The highest BCUT2D eigenvalue weighted by Gasteiger charge is 2.42. The second-order valence-corrected chi connectivity index (χ2v) is 6.91. The zero-order valence-electron chi connectivity index (χ0n) is 13.7. The number of hydrogen-bond donors (Lipinski definition) is 0. The number of likely N-dealkylation sites (tertiary alicyclic amines) is 1. The normalized spacial score (nSPS) is 23.5. The highest BCUT2D eigenvalue weighted by Crippen LogP contribution is 2.25. The minimum atomic E-state index is -0.157. The molecule has 0 radical (unpaired) electrons. The van der Waals surface area contributed by atoms with Crippen molar-refractivity contribution in [2.75, 3.05) is 26.7 Å². The van der Waals surface area contributed by atoms with E-state index in [4.69, 9.17) is 4.74 Å². The van der Waals surface area contributed by atoms with Crippen molar-refractivity contribution < 1.29 is 14.3 Å². The molecule has 4 heterocycles. The largest absolute Gasteiger partial charge is 0.374 e. The van der Waals surface area contributed by atoms with E-state index in [-0.39, 0.29) is 24.0 Å². The number of amides is 2. The Balaban J connectivity index is 1.51. The van der Waals surface area contributed by atoms with Crippen LogP contribution < -0.4 is 0 Å². The van der Waals surface area contributed by atoms with Crippen LogP contribution in [0.25, 0.3) is 10.8 Å². The zero-order valence-corrected chi connectivity index (χ0v) is 14.5. The molecule has 8 nitrogen and oxygen atoms in total. The topological polar surface area (TPSA) is 88.5 Å². The molecule has 2 fully saturated rings. The van der Waals surface area contributed by atoms with Gasteiger partial charge in [-0.15, -0.1) is 11.3 Å². The van der Waals surface area contributed by atoms with Gasteiger partial charge in [0.1, 0.15) is 5.69 Å². The predicted molar refractivity (Wildman–Crippen MR) is 90.0 cm³/mol. The number of thiazole rings is 1. The molecule has 0 bridgehead atoms. The molecule has 0 unspecified atom stereocenters. The molecule has 2 aliphatic heterocycles. The molecule has 2 atom stereocenters. The molecule has 2 aromatic rings. The summed E-state index contributed by atoms with van der Waals surface area (Å²) in [6.07, 6.45) is 3.54. The standard InChI is InChI=1S/C16H17N5O3S/c1-20-11-7-21(8-12(11)24-6-3-13(20)22)16(23)10-9-25-15(19-10)14-17-4-2-5-18-14/h2,4-5,9,11-12H,3,6-8H2,1H3/t11-,12-/m0/s1. The van der Waals surface area contributed by atoms with Gasteiger partial charge in [0.05, 0.1) is 25.2 Å². The van der Waals surface area contributed by atoms with Crippen LogP contribution in [-0.4, -0.2) is 75.5 Å². The molecule has 130 valence electrons. The molecule has 4 rings (SSSR count). The highest BCUT2D eigenvalue weighted by molar-refractivity contribution is 7.13. The van der Waals surface area contributed by atoms with E-state index in [9.17, 15) is 9.59 Å². The first-order chi connectivity index (χ1) is 12.1. The van der Waals surface area contributed by atoms with Crippen molar-refractivity contribution in [3.8, 4) is 10.8 Å². The van der Waals surface area contributed by atoms with Crippen molar-refractivity contribution in [3.63, 3.8) is 0 Å². The lowest BCUT2D eigenvalue weighted by molar-refractivity contribution is -0.131. The Hall–Kier alpha value is -2.39. The van der Waals surface area contributed by atoms with Gasteiger partial charge in [-0.1, -0.05) is 0 Å². The Kier molecular flexibility index (Phi) is 4.18. The number of aromatic nitrogens is 3. The summed E-state index contributed by atoms with van der Waals surface area (Å²) in [6, 6.07) is 1.63. The number of nitrogens with zero attached hydrogens (tertiary/aromatic N) is 5. The average Bonchev–Trinajstić information content (AvgIpc) is 3.26. The van der Waals surface area contributed by atoms with Crippen molar-refractivity contribution in [2.45, 2.75) is 18.6 Å². The Labute approximate surface area is 148 Å². The summed E-state index contributed by atoms with van der Waals surface area (Å²) in [4.78, 5) is 40.9. The van der Waals surface area contributed by atoms with E-state index >= 15 is 0 Å². The molecule has 2 saturated heterocycles. The van der Waals surface area contributed by atoms with Gasteiger partial charge in [-0.25, -0.2) is 15.0 Å². The second kappa shape index (κ2) is 6.49. The van der Waals surface area contributed by atoms with E-state index in [0.29, 0.717) is 42.6 Å². The van der Waals surface area contributed by atoms with E-state index in [2.05, 4.69) is 15.0 Å². The number of fused-ring (bicyclic) bond motifs is 1. The first kappa shape index (κ1) is 16.1. The Morgan fingerprint density at radius 1 is 1.32 bits per heavy atom. The molecule has 2 amide bonds. The Morgan fingerprint density at radius 3 is 2.92 bits per heavy atom. The van der Waals surface area contributed by atoms with Gasteiger partial charge in [-0.2, -0.15) is 0 Å². The molecule has 9 heteroatoms. The SMILES string of the molecule is CN1C(=O)CCO[C@H]2CN(C(=O)c3csc(-c4ncccn4)n3)C[C@@H]21. The molecular formula is C16H17N5O3S. The number of carbonyl (C=O) groups excluding carboxylic acids is 2. The fourth-order valence-electron chi connectivity index (χ4n) is 3.16. The number of ether oxygens (including phenoxy) is 1. The van der Waals surface area contributed by atoms with Gasteiger partial charge in [0.2, 0.25) is 5.91 Å². The van der Waals surface area contributed by atoms with Crippen molar-refractivity contribution in [1.29, 1.82) is 0 Å². The second-order valence-electron chi connectivity index (χ2n) is 6.05. The van der Waals surface area contributed by atoms with Crippen molar-refractivity contribution >= 4 is 23.2 Å². The fourth-order valence-corrected chi connectivity index (χ4v) is 3.90. The maximum Gasteiger partial charge on any atom is 0.273 e. The molecule has 0 N–H and O–H groups in total. The van der Waals surface area contributed by atoms with Crippen LogP contribution in [0.5, 0.6) is 0 Å². The van der Waals surface area contributed by atoms with Crippen molar-refractivity contribution in [3.05, 3.63) is 29.5 Å². The van der Waals surface area contributed by atoms with Crippen LogP contribution in [0.2, 0.25) is 0 Å². The molecule has 25 heavy (non-hydrogen) atoms. The van der Waals surface area contributed by atoms with Gasteiger partial charge in [-0.3, -0.25) is 9.59 Å². The van der Waals surface area contributed by atoms with E-state index in [0.717, 1.165) is 0 Å². The monoisotopic (exact) mass is 359 g/mol. The Bertz CT molecular complexity index is 796. The van der Waals surface area contributed by atoms with Gasteiger partial charge >= 0.3 is 0 Å². The third kappa shape index (κ3) is 3.00. The maximum atomic E-state index is 12.8. The van der Waals surface area contributed by atoms with Gasteiger partial charge in [0.15, 0.2) is 10.8 Å². The third-order valence-corrected chi connectivity index (χ3v) is 5.38. The first-order valence-electron chi connectivity index (χ1n) is 8.03. The van der Waals surface area contributed by atoms with Crippen LogP contribution in [0.4, 0.5) is 0 Å². The summed E-state index contributed by atoms with van der Waals surface area (Å²) in [5.74, 6) is 0.404. The van der Waals surface area contributed by atoms with Crippen LogP contribution in [0.3, 0.4) is 0 Å². The summed E-state index contributed by atoms with van der Waals surface area (Å²) in [5.41, 5.74) is 0.373. The molecule has 0 saturated carbocycles. The smallest absolute Gasteiger partial charge is 0.273 e. The fraction of sp³-hybridized carbons (Fsp3) is 0.438. The molecule has 0 aromatic carbocycles. The molecule has 0 aliphatic carbocycles. The number of likely N-dealkylation sites (N-methyl/N-ethyl adjacent to an activating group) is 1. The average molecular weight is 359 g/mol. The van der Waals surface area contributed by atoms with Gasteiger partial charge in [0.25, 0.3) is 5.91 Å². The van der Waals surface area contributed by atoms with Crippen LogP contribution >= 0.6 is 11.3 Å². The summed E-state index contributed by atoms with van der Waals surface area (Å²) >= 11 is 1.34. The van der Waals surface area contributed by atoms with Crippen molar-refractivity contribution in [1.82, 2.24) is 24.8 Å².